The number of pyridine rings is 1. The molecule has 0 saturated heterocycles. The Balaban J connectivity index is 1.35. The average Bonchev–Trinajstić information content (AvgIpc) is 3.32. The molecule has 1 saturated carbocycles. The van der Waals surface area contributed by atoms with Gasteiger partial charge < -0.3 is 10.6 Å². The van der Waals surface area contributed by atoms with E-state index in [4.69, 9.17) is 0 Å². The van der Waals surface area contributed by atoms with E-state index in [1.54, 1.807) is 24.0 Å². The number of thiazole rings is 1. The normalized spacial score (nSPS) is 19.0. The SMILES string of the molecule is Cc1nc(C(=O)NC2CCC(Nc3nccc(-c4ccncc4)n3)C2)cs1. The van der Waals surface area contributed by atoms with E-state index in [0.717, 1.165) is 35.5 Å². The first-order chi connectivity index (χ1) is 13.2. The maximum absolute atomic E-state index is 12.3. The zero-order chi connectivity index (χ0) is 18.6. The van der Waals surface area contributed by atoms with E-state index < -0.39 is 0 Å². The zero-order valence-corrected chi connectivity index (χ0v) is 15.7. The molecule has 0 spiro atoms. The van der Waals surface area contributed by atoms with Crippen LogP contribution in [-0.2, 0) is 0 Å². The van der Waals surface area contributed by atoms with Crippen molar-refractivity contribution in [1.29, 1.82) is 0 Å². The molecule has 1 aliphatic rings. The third-order valence-electron chi connectivity index (χ3n) is 4.58. The number of carbonyl (C=O) groups is 1. The minimum absolute atomic E-state index is 0.0964. The molecule has 1 amide bonds. The van der Waals surface area contributed by atoms with E-state index >= 15 is 0 Å². The van der Waals surface area contributed by atoms with Crippen LogP contribution in [0.15, 0.2) is 42.2 Å². The zero-order valence-electron chi connectivity index (χ0n) is 14.9. The van der Waals surface area contributed by atoms with Crippen molar-refractivity contribution in [2.75, 3.05) is 5.32 Å². The van der Waals surface area contributed by atoms with Crippen LogP contribution in [0.2, 0.25) is 0 Å². The molecule has 8 heteroatoms. The summed E-state index contributed by atoms with van der Waals surface area (Å²) in [6.07, 6.45) is 7.99. The van der Waals surface area contributed by atoms with Gasteiger partial charge in [0.1, 0.15) is 5.69 Å². The van der Waals surface area contributed by atoms with Gasteiger partial charge in [-0.25, -0.2) is 15.0 Å². The summed E-state index contributed by atoms with van der Waals surface area (Å²) >= 11 is 1.49. The van der Waals surface area contributed by atoms with E-state index in [1.807, 2.05) is 25.1 Å². The van der Waals surface area contributed by atoms with Gasteiger partial charge >= 0.3 is 0 Å². The van der Waals surface area contributed by atoms with Gasteiger partial charge in [-0.15, -0.1) is 11.3 Å². The fraction of sp³-hybridized carbons (Fsp3) is 0.316. The molecule has 27 heavy (non-hydrogen) atoms. The van der Waals surface area contributed by atoms with Crippen LogP contribution in [0.5, 0.6) is 0 Å². The van der Waals surface area contributed by atoms with Crippen molar-refractivity contribution in [3.8, 4) is 11.3 Å². The maximum atomic E-state index is 12.3. The molecular weight excluding hydrogens is 360 g/mol. The second-order valence-electron chi connectivity index (χ2n) is 6.58. The predicted molar refractivity (Wildman–Crippen MR) is 105 cm³/mol. The summed E-state index contributed by atoms with van der Waals surface area (Å²) in [4.78, 5) is 29.5. The molecule has 0 bridgehead atoms. The minimum Gasteiger partial charge on any atom is -0.351 e. The fourth-order valence-electron chi connectivity index (χ4n) is 3.27. The number of anilines is 1. The molecule has 2 atom stereocenters. The Morgan fingerprint density at radius 3 is 2.70 bits per heavy atom. The fourth-order valence-corrected chi connectivity index (χ4v) is 3.86. The van der Waals surface area contributed by atoms with Crippen LogP contribution >= 0.6 is 11.3 Å². The summed E-state index contributed by atoms with van der Waals surface area (Å²) in [6, 6.07) is 6.11. The molecule has 3 aromatic heterocycles. The lowest BCUT2D eigenvalue weighted by Crippen LogP contribution is -2.34. The molecule has 2 N–H and O–H groups in total. The number of amides is 1. The Hall–Kier alpha value is -2.87. The predicted octanol–water partition coefficient (Wildman–Crippen LogP) is 3.07. The number of aryl methyl sites for hydroxylation is 1. The quantitative estimate of drug-likeness (QED) is 0.707. The molecule has 0 radical (unpaired) electrons. The van der Waals surface area contributed by atoms with E-state index in [2.05, 4.69) is 30.6 Å². The standard InChI is InChI=1S/C19H20N6OS/c1-12-22-17(11-27-12)18(26)23-14-2-3-15(10-14)24-19-21-9-6-16(25-19)13-4-7-20-8-5-13/h4-9,11,14-15H,2-3,10H2,1H3,(H,23,26)(H,21,24,25). The number of hydrogen-bond acceptors (Lipinski definition) is 7. The lowest BCUT2D eigenvalue weighted by atomic mass is 10.2. The summed E-state index contributed by atoms with van der Waals surface area (Å²) in [6.45, 7) is 1.90. The van der Waals surface area contributed by atoms with Gasteiger partial charge in [0.25, 0.3) is 5.91 Å². The van der Waals surface area contributed by atoms with Crippen molar-refractivity contribution >= 4 is 23.2 Å². The van der Waals surface area contributed by atoms with E-state index in [0.29, 0.717) is 11.6 Å². The monoisotopic (exact) mass is 380 g/mol. The summed E-state index contributed by atoms with van der Waals surface area (Å²) in [5.41, 5.74) is 2.37. The van der Waals surface area contributed by atoms with Crippen LogP contribution < -0.4 is 10.6 Å². The van der Waals surface area contributed by atoms with E-state index in [1.165, 1.54) is 11.3 Å². The first-order valence-electron chi connectivity index (χ1n) is 8.90. The van der Waals surface area contributed by atoms with E-state index in [-0.39, 0.29) is 18.0 Å². The third-order valence-corrected chi connectivity index (χ3v) is 5.36. The molecule has 2 unspecified atom stereocenters. The molecule has 3 aromatic rings. The number of aromatic nitrogens is 4. The van der Waals surface area contributed by atoms with Crippen molar-refractivity contribution in [1.82, 2.24) is 25.3 Å². The molecule has 0 aromatic carbocycles. The second-order valence-corrected chi connectivity index (χ2v) is 7.64. The number of rotatable bonds is 5. The van der Waals surface area contributed by atoms with Crippen molar-refractivity contribution < 1.29 is 4.79 Å². The Bertz CT molecular complexity index is 929. The molecule has 7 nitrogen and oxygen atoms in total. The Morgan fingerprint density at radius 1 is 1.11 bits per heavy atom. The summed E-state index contributed by atoms with van der Waals surface area (Å²) in [7, 11) is 0. The second kappa shape index (κ2) is 7.79. The van der Waals surface area contributed by atoms with Gasteiger partial charge in [-0.1, -0.05) is 0 Å². The molecule has 138 valence electrons. The highest BCUT2D eigenvalue weighted by molar-refractivity contribution is 7.09. The van der Waals surface area contributed by atoms with Crippen LogP contribution in [-0.4, -0.2) is 37.9 Å². The molecule has 0 aliphatic heterocycles. The Morgan fingerprint density at radius 2 is 1.93 bits per heavy atom. The third kappa shape index (κ3) is 4.28. The van der Waals surface area contributed by atoms with E-state index in [9.17, 15) is 4.79 Å². The van der Waals surface area contributed by atoms with Gasteiger partial charge in [0.05, 0.1) is 10.7 Å². The summed E-state index contributed by atoms with van der Waals surface area (Å²) in [5.74, 6) is 0.511. The molecular formula is C19H20N6OS. The van der Waals surface area contributed by atoms with Gasteiger partial charge in [0.2, 0.25) is 5.95 Å². The van der Waals surface area contributed by atoms with Crippen LogP contribution in [0, 0.1) is 6.92 Å². The molecule has 3 heterocycles. The Labute approximate surface area is 161 Å². The van der Waals surface area contributed by atoms with Crippen molar-refractivity contribution in [2.24, 2.45) is 0 Å². The first-order valence-corrected chi connectivity index (χ1v) is 9.78. The van der Waals surface area contributed by atoms with Gasteiger partial charge in [0.15, 0.2) is 0 Å². The highest BCUT2D eigenvalue weighted by Gasteiger charge is 2.27. The van der Waals surface area contributed by atoms with Crippen molar-refractivity contribution in [3.05, 3.63) is 52.9 Å². The molecule has 1 aliphatic carbocycles. The number of nitrogens with one attached hydrogen (secondary N) is 2. The number of nitrogens with zero attached hydrogens (tertiary/aromatic N) is 4. The van der Waals surface area contributed by atoms with Gasteiger partial charge in [0, 0.05) is 41.6 Å². The molecule has 4 rings (SSSR count). The van der Waals surface area contributed by atoms with Crippen LogP contribution in [0.3, 0.4) is 0 Å². The Kier molecular flexibility index (Phi) is 5.06. The average molecular weight is 380 g/mol. The number of hydrogen-bond donors (Lipinski definition) is 2. The molecule has 1 fully saturated rings. The van der Waals surface area contributed by atoms with Crippen LogP contribution in [0.1, 0.15) is 34.8 Å². The summed E-state index contributed by atoms with van der Waals surface area (Å²) < 4.78 is 0. The van der Waals surface area contributed by atoms with Gasteiger partial charge in [-0.3, -0.25) is 9.78 Å². The minimum atomic E-state index is -0.0964. The smallest absolute Gasteiger partial charge is 0.270 e. The van der Waals surface area contributed by atoms with Crippen LogP contribution in [0.4, 0.5) is 5.95 Å². The first kappa shape index (κ1) is 17.5. The van der Waals surface area contributed by atoms with Gasteiger partial charge in [-0.05, 0) is 44.4 Å². The lowest BCUT2D eigenvalue weighted by Gasteiger charge is -2.14. The van der Waals surface area contributed by atoms with Crippen LogP contribution in [0.25, 0.3) is 11.3 Å². The highest BCUT2D eigenvalue weighted by atomic mass is 32.1. The largest absolute Gasteiger partial charge is 0.351 e. The van der Waals surface area contributed by atoms with Gasteiger partial charge in [-0.2, -0.15) is 0 Å². The van der Waals surface area contributed by atoms with Crippen molar-refractivity contribution in [3.63, 3.8) is 0 Å². The summed E-state index contributed by atoms with van der Waals surface area (Å²) in [5, 5.41) is 9.17. The maximum Gasteiger partial charge on any atom is 0.270 e. The number of carbonyl (C=O) groups excluding carboxylic acids is 1. The highest BCUT2D eigenvalue weighted by Crippen LogP contribution is 2.23. The topological polar surface area (TPSA) is 92.7 Å². The van der Waals surface area contributed by atoms with Crippen molar-refractivity contribution in [2.45, 2.75) is 38.3 Å². The lowest BCUT2D eigenvalue weighted by molar-refractivity contribution is 0.0933.